The summed E-state index contributed by atoms with van der Waals surface area (Å²) >= 11 is 3.47. The number of ketones is 1. The Morgan fingerprint density at radius 1 is 1.20 bits per heavy atom. The summed E-state index contributed by atoms with van der Waals surface area (Å²) in [5.41, 5.74) is 3.25. The fraction of sp³-hybridized carbons (Fsp3) is 0.312. The maximum atomic E-state index is 12.9. The lowest BCUT2D eigenvalue weighted by molar-refractivity contribution is 0.103. The smallest absolute Gasteiger partial charge is 0.200 e. The van der Waals surface area contributed by atoms with Crippen LogP contribution in [0.15, 0.2) is 21.0 Å². The van der Waals surface area contributed by atoms with E-state index in [-0.39, 0.29) is 5.78 Å². The van der Waals surface area contributed by atoms with Crippen molar-refractivity contribution in [1.82, 2.24) is 0 Å². The molecule has 20 heavy (non-hydrogen) atoms. The Morgan fingerprint density at radius 3 is 2.60 bits per heavy atom. The van der Waals surface area contributed by atoms with Gasteiger partial charge in [0.15, 0.2) is 0 Å². The first kappa shape index (κ1) is 13.4. The second-order valence-corrected chi connectivity index (χ2v) is 6.00. The first-order valence-electron chi connectivity index (χ1n) is 6.55. The molecule has 0 radical (unpaired) electrons. The molecular weight excluding hydrogens is 320 g/mol. The second-order valence-electron chi connectivity index (χ2n) is 5.08. The van der Waals surface area contributed by atoms with Gasteiger partial charge in [-0.25, -0.2) is 0 Å². The van der Waals surface area contributed by atoms with Crippen LogP contribution in [0.1, 0.15) is 38.6 Å². The van der Waals surface area contributed by atoms with Gasteiger partial charge in [0.1, 0.15) is 17.3 Å². The molecule has 1 aromatic heterocycles. The van der Waals surface area contributed by atoms with Crippen LogP contribution < -0.4 is 4.74 Å². The molecule has 4 heteroatoms. The average Bonchev–Trinajstić information content (AvgIpc) is 2.93. The summed E-state index contributed by atoms with van der Waals surface area (Å²) in [7, 11) is 0. The van der Waals surface area contributed by atoms with Gasteiger partial charge >= 0.3 is 0 Å². The molecule has 0 spiro atoms. The largest absolute Gasteiger partial charge is 0.492 e. The molecule has 0 N–H and O–H groups in total. The Hall–Kier alpha value is -1.55. The van der Waals surface area contributed by atoms with Gasteiger partial charge in [0.05, 0.1) is 17.7 Å². The molecule has 0 amide bonds. The monoisotopic (exact) mass is 334 g/mol. The Morgan fingerprint density at radius 2 is 1.95 bits per heavy atom. The summed E-state index contributed by atoms with van der Waals surface area (Å²) in [5.74, 6) is 2.14. The quantitative estimate of drug-likeness (QED) is 0.775. The molecule has 3 nitrogen and oxygen atoms in total. The highest BCUT2D eigenvalue weighted by Crippen LogP contribution is 2.35. The molecule has 0 fully saturated rings. The first-order chi connectivity index (χ1) is 9.49. The number of hydrogen-bond donors (Lipinski definition) is 0. The third kappa shape index (κ3) is 1.99. The zero-order valence-corrected chi connectivity index (χ0v) is 13.3. The molecule has 3 rings (SSSR count). The van der Waals surface area contributed by atoms with Crippen LogP contribution in [0.4, 0.5) is 0 Å². The predicted octanol–water partition coefficient (Wildman–Crippen LogP) is 4.13. The molecule has 1 aliphatic heterocycles. The summed E-state index contributed by atoms with van der Waals surface area (Å²) in [6, 6.07) is 3.84. The van der Waals surface area contributed by atoms with E-state index in [9.17, 15) is 4.79 Å². The SMILES string of the molecule is Cc1oc(C)c(C(=O)c2cc(Br)cc3c2OCC3)c1C. The number of halogens is 1. The summed E-state index contributed by atoms with van der Waals surface area (Å²) < 4.78 is 12.1. The normalized spacial score (nSPS) is 13.2. The van der Waals surface area contributed by atoms with Crippen molar-refractivity contribution in [2.75, 3.05) is 6.61 Å². The minimum absolute atomic E-state index is 0.0312. The lowest BCUT2D eigenvalue weighted by Gasteiger charge is -2.08. The molecule has 104 valence electrons. The van der Waals surface area contributed by atoms with E-state index in [0.717, 1.165) is 33.5 Å². The molecule has 2 aromatic rings. The van der Waals surface area contributed by atoms with Gasteiger partial charge in [-0.2, -0.15) is 0 Å². The lowest BCUT2D eigenvalue weighted by atomic mass is 9.97. The molecule has 0 saturated heterocycles. The number of benzene rings is 1. The fourth-order valence-electron chi connectivity index (χ4n) is 2.70. The lowest BCUT2D eigenvalue weighted by Crippen LogP contribution is -2.06. The molecule has 0 bridgehead atoms. The Labute approximate surface area is 126 Å². The van der Waals surface area contributed by atoms with Crippen LogP contribution in [-0.2, 0) is 6.42 Å². The van der Waals surface area contributed by atoms with Crippen molar-refractivity contribution in [3.8, 4) is 5.75 Å². The fourth-order valence-corrected chi connectivity index (χ4v) is 3.21. The summed E-state index contributed by atoms with van der Waals surface area (Å²) in [4.78, 5) is 12.9. The molecule has 1 aliphatic rings. The van der Waals surface area contributed by atoms with E-state index in [1.807, 2.05) is 32.9 Å². The number of carbonyl (C=O) groups excluding carboxylic acids is 1. The zero-order chi connectivity index (χ0) is 14.4. The van der Waals surface area contributed by atoms with E-state index >= 15 is 0 Å². The number of hydrogen-bond acceptors (Lipinski definition) is 3. The molecule has 2 heterocycles. The summed E-state index contributed by atoms with van der Waals surface area (Å²) in [5, 5.41) is 0. The van der Waals surface area contributed by atoms with Gasteiger partial charge in [-0.15, -0.1) is 0 Å². The maximum Gasteiger partial charge on any atom is 0.200 e. The number of rotatable bonds is 2. The molecule has 0 saturated carbocycles. The van der Waals surface area contributed by atoms with Crippen molar-refractivity contribution in [2.45, 2.75) is 27.2 Å². The van der Waals surface area contributed by atoms with E-state index in [4.69, 9.17) is 9.15 Å². The van der Waals surface area contributed by atoms with Crippen LogP contribution >= 0.6 is 15.9 Å². The number of ether oxygens (including phenoxy) is 1. The van der Waals surface area contributed by atoms with Crippen LogP contribution in [0.5, 0.6) is 5.75 Å². The standard InChI is InChI=1S/C16H15BrO3/c1-8-9(2)20-10(3)14(8)15(18)13-7-12(17)6-11-4-5-19-16(11)13/h6-7H,4-5H2,1-3H3. The maximum absolute atomic E-state index is 12.9. The Kier molecular flexibility index (Phi) is 3.21. The van der Waals surface area contributed by atoms with Crippen molar-refractivity contribution in [3.63, 3.8) is 0 Å². The zero-order valence-electron chi connectivity index (χ0n) is 11.7. The molecule has 1 aromatic carbocycles. The summed E-state index contributed by atoms with van der Waals surface area (Å²) in [6.07, 6.45) is 0.845. The molecule has 0 atom stereocenters. The third-order valence-electron chi connectivity index (χ3n) is 3.78. The highest BCUT2D eigenvalue weighted by atomic mass is 79.9. The number of fused-ring (bicyclic) bond motifs is 1. The second kappa shape index (κ2) is 4.77. The van der Waals surface area contributed by atoms with Gasteiger partial charge in [-0.3, -0.25) is 4.79 Å². The number of aryl methyl sites for hydroxylation is 2. The van der Waals surface area contributed by atoms with E-state index in [1.165, 1.54) is 0 Å². The number of furan rings is 1. The van der Waals surface area contributed by atoms with Crippen LogP contribution in [0.25, 0.3) is 0 Å². The Bertz CT molecular complexity index is 713. The van der Waals surface area contributed by atoms with Gasteiger partial charge < -0.3 is 9.15 Å². The molecular formula is C16H15BrO3. The van der Waals surface area contributed by atoms with Gasteiger partial charge in [0, 0.05) is 16.5 Å². The average molecular weight is 335 g/mol. The highest BCUT2D eigenvalue weighted by Gasteiger charge is 2.26. The van der Waals surface area contributed by atoms with E-state index in [0.29, 0.717) is 23.5 Å². The predicted molar refractivity (Wildman–Crippen MR) is 79.7 cm³/mol. The third-order valence-corrected chi connectivity index (χ3v) is 4.24. The van der Waals surface area contributed by atoms with Crippen molar-refractivity contribution in [2.24, 2.45) is 0 Å². The van der Waals surface area contributed by atoms with Crippen LogP contribution in [0.3, 0.4) is 0 Å². The van der Waals surface area contributed by atoms with E-state index < -0.39 is 0 Å². The summed E-state index contributed by atoms with van der Waals surface area (Å²) in [6.45, 7) is 6.25. The van der Waals surface area contributed by atoms with Gasteiger partial charge in [-0.1, -0.05) is 15.9 Å². The molecule has 0 unspecified atom stereocenters. The van der Waals surface area contributed by atoms with Crippen molar-refractivity contribution in [1.29, 1.82) is 0 Å². The van der Waals surface area contributed by atoms with Crippen molar-refractivity contribution >= 4 is 21.7 Å². The van der Waals surface area contributed by atoms with E-state index in [2.05, 4.69) is 15.9 Å². The highest BCUT2D eigenvalue weighted by molar-refractivity contribution is 9.10. The van der Waals surface area contributed by atoms with Crippen molar-refractivity contribution in [3.05, 3.63) is 50.4 Å². The number of carbonyl (C=O) groups is 1. The van der Waals surface area contributed by atoms with Gasteiger partial charge in [-0.05, 0) is 38.5 Å². The minimum Gasteiger partial charge on any atom is -0.492 e. The topological polar surface area (TPSA) is 39.4 Å². The Balaban J connectivity index is 2.17. The first-order valence-corrected chi connectivity index (χ1v) is 7.35. The van der Waals surface area contributed by atoms with Crippen molar-refractivity contribution < 1.29 is 13.9 Å². The van der Waals surface area contributed by atoms with Gasteiger partial charge in [0.2, 0.25) is 5.78 Å². The van der Waals surface area contributed by atoms with Crippen LogP contribution in [-0.4, -0.2) is 12.4 Å². The molecule has 0 aliphatic carbocycles. The van der Waals surface area contributed by atoms with Gasteiger partial charge in [0.25, 0.3) is 0 Å². The van der Waals surface area contributed by atoms with E-state index in [1.54, 1.807) is 0 Å². The van der Waals surface area contributed by atoms with Crippen LogP contribution in [0, 0.1) is 20.8 Å². The van der Waals surface area contributed by atoms with Crippen LogP contribution in [0.2, 0.25) is 0 Å². The minimum atomic E-state index is -0.0312.